The third-order valence-electron chi connectivity index (χ3n) is 4.90. The van der Waals surface area contributed by atoms with Gasteiger partial charge in [-0.05, 0) is 20.3 Å². The molecule has 0 radical (unpaired) electrons. The normalized spacial score (nSPS) is 27.0. The molecule has 8 heteroatoms. The molecule has 0 bridgehead atoms. The molecule has 1 amide bonds. The minimum atomic E-state index is -0.598. The Hall–Kier alpha value is -1.96. The second-order valence-corrected chi connectivity index (χ2v) is 6.19. The molecule has 8 nitrogen and oxygen atoms in total. The molecule has 1 aromatic heterocycles. The highest BCUT2D eigenvalue weighted by molar-refractivity contribution is 5.96. The van der Waals surface area contributed by atoms with Gasteiger partial charge in [0.1, 0.15) is 5.69 Å². The lowest BCUT2D eigenvalue weighted by Crippen LogP contribution is -2.68. The van der Waals surface area contributed by atoms with Crippen LogP contribution in [-0.2, 0) is 4.74 Å². The second-order valence-electron chi connectivity index (χ2n) is 6.19. The molecule has 1 aliphatic carbocycles. The van der Waals surface area contributed by atoms with Gasteiger partial charge in [-0.3, -0.25) is 20.0 Å². The van der Waals surface area contributed by atoms with Gasteiger partial charge < -0.3 is 10.1 Å². The van der Waals surface area contributed by atoms with Crippen LogP contribution in [0.1, 0.15) is 43.4 Å². The molecule has 1 aliphatic rings. The zero-order chi connectivity index (χ0) is 16.0. The molecule has 0 unspecified atom stereocenters. The molecule has 1 aromatic rings. The van der Waals surface area contributed by atoms with E-state index >= 15 is 0 Å². The fourth-order valence-corrected chi connectivity index (χ4v) is 2.75. The average Bonchev–Trinajstić information content (AvgIpc) is 2.79. The number of aryl methyl sites for hydroxylation is 1. The molecule has 2 atom stereocenters. The van der Waals surface area contributed by atoms with Gasteiger partial charge in [-0.15, -0.1) is 0 Å². The predicted molar refractivity (Wildman–Crippen MR) is 75.0 cm³/mol. The van der Waals surface area contributed by atoms with Crippen molar-refractivity contribution in [3.63, 3.8) is 0 Å². The number of hydrogen-bond acceptors (Lipinski definition) is 5. The van der Waals surface area contributed by atoms with E-state index in [1.54, 1.807) is 7.11 Å². The lowest BCUT2D eigenvalue weighted by atomic mass is 9.56. The maximum atomic E-state index is 12.2. The molecule has 1 saturated carbocycles. The molecule has 2 rings (SSSR count). The summed E-state index contributed by atoms with van der Waals surface area (Å²) in [6.45, 7) is 7.48. The van der Waals surface area contributed by atoms with Gasteiger partial charge in [0, 0.05) is 18.6 Å². The Labute approximate surface area is 122 Å². The number of aromatic nitrogens is 2. The number of ether oxygens (including phenoxy) is 1. The monoisotopic (exact) mass is 296 g/mol. The van der Waals surface area contributed by atoms with Gasteiger partial charge in [0.25, 0.3) is 5.91 Å². The lowest BCUT2D eigenvalue weighted by Gasteiger charge is -2.59. The van der Waals surface area contributed by atoms with E-state index < -0.39 is 10.8 Å². The highest BCUT2D eigenvalue weighted by Crippen LogP contribution is 2.51. The van der Waals surface area contributed by atoms with E-state index in [0.717, 1.165) is 0 Å². The first-order chi connectivity index (χ1) is 9.64. The van der Waals surface area contributed by atoms with Crippen molar-refractivity contribution in [2.45, 2.75) is 45.8 Å². The number of H-pyrrole nitrogens is 1. The average molecular weight is 296 g/mol. The Balaban J connectivity index is 2.16. The molecule has 2 N–H and O–H groups in total. The van der Waals surface area contributed by atoms with Crippen molar-refractivity contribution in [2.75, 3.05) is 7.11 Å². The number of carbonyl (C=O) groups excluding carboxylic acids is 1. The van der Waals surface area contributed by atoms with Crippen LogP contribution in [0.2, 0.25) is 0 Å². The SMILES string of the molecule is CO[C@@]1(C)C[C@H](NC(=O)c2n[nH]c(C)c2[N+](=O)[O-])C1(C)C. The Kier molecular flexibility index (Phi) is 3.53. The summed E-state index contributed by atoms with van der Waals surface area (Å²) in [6, 6.07) is -0.119. The number of carbonyl (C=O) groups is 1. The van der Waals surface area contributed by atoms with E-state index in [1.165, 1.54) is 6.92 Å². The van der Waals surface area contributed by atoms with E-state index in [0.29, 0.717) is 6.42 Å². The van der Waals surface area contributed by atoms with E-state index in [2.05, 4.69) is 15.5 Å². The lowest BCUT2D eigenvalue weighted by molar-refractivity contribution is -0.385. The number of hydrogen-bond donors (Lipinski definition) is 2. The van der Waals surface area contributed by atoms with Gasteiger partial charge in [-0.25, -0.2) is 0 Å². The van der Waals surface area contributed by atoms with Crippen molar-refractivity contribution in [1.29, 1.82) is 0 Å². The molecule has 0 spiro atoms. The third-order valence-corrected chi connectivity index (χ3v) is 4.90. The summed E-state index contributed by atoms with van der Waals surface area (Å²) in [5.74, 6) is -0.540. The summed E-state index contributed by atoms with van der Waals surface area (Å²) in [6.07, 6.45) is 0.652. The molecule has 0 aromatic carbocycles. The number of nitrogens with one attached hydrogen (secondary N) is 2. The van der Waals surface area contributed by atoms with E-state index in [1.807, 2.05) is 20.8 Å². The number of nitrogens with zero attached hydrogens (tertiary/aromatic N) is 2. The zero-order valence-electron chi connectivity index (χ0n) is 12.8. The highest BCUT2D eigenvalue weighted by Gasteiger charge is 2.58. The first-order valence-corrected chi connectivity index (χ1v) is 6.69. The van der Waals surface area contributed by atoms with E-state index in [-0.39, 0.29) is 34.1 Å². The van der Waals surface area contributed by atoms with Gasteiger partial charge in [0.05, 0.1) is 10.5 Å². The molecule has 0 aliphatic heterocycles. The molecular weight excluding hydrogens is 276 g/mol. The maximum absolute atomic E-state index is 12.2. The van der Waals surface area contributed by atoms with Crippen molar-refractivity contribution < 1.29 is 14.5 Å². The van der Waals surface area contributed by atoms with Gasteiger partial charge in [0.2, 0.25) is 5.69 Å². The Bertz CT molecular complexity index is 595. The summed E-state index contributed by atoms with van der Waals surface area (Å²) in [7, 11) is 1.64. The number of rotatable bonds is 4. The van der Waals surface area contributed by atoms with Crippen LogP contribution in [0.25, 0.3) is 0 Å². The van der Waals surface area contributed by atoms with Crippen molar-refractivity contribution in [2.24, 2.45) is 5.41 Å². The largest absolute Gasteiger partial charge is 0.378 e. The van der Waals surface area contributed by atoms with Crippen LogP contribution >= 0.6 is 0 Å². The topological polar surface area (TPSA) is 110 Å². The molecule has 1 fully saturated rings. The zero-order valence-corrected chi connectivity index (χ0v) is 12.8. The minimum absolute atomic E-state index is 0.119. The van der Waals surface area contributed by atoms with Crippen molar-refractivity contribution >= 4 is 11.6 Å². The van der Waals surface area contributed by atoms with E-state index in [9.17, 15) is 14.9 Å². The summed E-state index contributed by atoms with van der Waals surface area (Å²) in [5, 5.41) is 20.0. The van der Waals surface area contributed by atoms with Crippen molar-refractivity contribution in [3.8, 4) is 0 Å². The second kappa shape index (κ2) is 4.80. The minimum Gasteiger partial charge on any atom is -0.378 e. The molecule has 0 saturated heterocycles. The van der Waals surface area contributed by atoms with Crippen LogP contribution in [0.3, 0.4) is 0 Å². The fourth-order valence-electron chi connectivity index (χ4n) is 2.75. The number of aromatic amines is 1. The van der Waals surface area contributed by atoms with Crippen LogP contribution in [0.5, 0.6) is 0 Å². The summed E-state index contributed by atoms with van der Waals surface area (Å²) in [5.41, 5.74) is -0.783. The highest BCUT2D eigenvalue weighted by atomic mass is 16.6. The van der Waals surface area contributed by atoms with Gasteiger partial charge in [-0.2, -0.15) is 5.10 Å². The molecule has 21 heavy (non-hydrogen) atoms. The van der Waals surface area contributed by atoms with Gasteiger partial charge in [0.15, 0.2) is 0 Å². The smallest absolute Gasteiger partial charge is 0.322 e. The summed E-state index contributed by atoms with van der Waals surface area (Å²) in [4.78, 5) is 22.6. The van der Waals surface area contributed by atoms with Gasteiger partial charge in [-0.1, -0.05) is 13.8 Å². The van der Waals surface area contributed by atoms with Crippen LogP contribution in [-0.4, -0.2) is 39.8 Å². The molecule has 1 heterocycles. The first kappa shape index (κ1) is 15.4. The first-order valence-electron chi connectivity index (χ1n) is 6.69. The van der Waals surface area contributed by atoms with Crippen molar-refractivity contribution in [3.05, 3.63) is 21.5 Å². The summed E-state index contributed by atoms with van der Waals surface area (Å²) < 4.78 is 5.49. The van der Waals surface area contributed by atoms with Gasteiger partial charge >= 0.3 is 5.69 Å². The van der Waals surface area contributed by atoms with Crippen LogP contribution in [0.4, 0.5) is 5.69 Å². The maximum Gasteiger partial charge on any atom is 0.322 e. The fraction of sp³-hybridized carbons (Fsp3) is 0.692. The number of methoxy groups -OCH3 is 1. The van der Waals surface area contributed by atoms with E-state index in [4.69, 9.17) is 4.74 Å². The Morgan fingerprint density at radius 1 is 1.52 bits per heavy atom. The summed E-state index contributed by atoms with van der Waals surface area (Å²) >= 11 is 0. The van der Waals surface area contributed by atoms with Crippen molar-refractivity contribution in [1.82, 2.24) is 15.5 Å². The molecular formula is C13H20N4O4. The third kappa shape index (κ3) is 2.19. The quantitative estimate of drug-likeness (QED) is 0.647. The number of amides is 1. The van der Waals surface area contributed by atoms with Crippen LogP contribution < -0.4 is 5.32 Å². The number of nitro groups is 1. The predicted octanol–water partition coefficient (Wildman–Crippen LogP) is 1.56. The Morgan fingerprint density at radius 3 is 2.62 bits per heavy atom. The van der Waals surface area contributed by atoms with Crippen LogP contribution in [0.15, 0.2) is 0 Å². The van der Waals surface area contributed by atoms with Crippen LogP contribution in [0, 0.1) is 22.5 Å². The Morgan fingerprint density at radius 2 is 2.14 bits per heavy atom. The standard InChI is InChI=1S/C13H20N4O4/c1-7-10(17(19)20)9(16-15-7)11(18)14-8-6-13(4,21-5)12(8,2)3/h8H,6H2,1-5H3,(H,14,18)(H,15,16)/t8-,13-/m0/s1. The molecule has 116 valence electrons.